The molecule has 6 heteroatoms. The van der Waals surface area contributed by atoms with Crippen LogP contribution in [-0.2, 0) is 11.5 Å². The lowest BCUT2D eigenvalue weighted by molar-refractivity contribution is -0.110. The number of benzene rings is 1. The Balaban J connectivity index is 0.00000128. The first-order valence-electron chi connectivity index (χ1n) is 6.27. The zero-order valence-corrected chi connectivity index (χ0v) is 11.8. The van der Waals surface area contributed by atoms with E-state index in [-0.39, 0.29) is 14.1 Å². The third-order valence-corrected chi connectivity index (χ3v) is 2.42. The molecule has 0 atom stereocenters. The van der Waals surface area contributed by atoms with Gasteiger partial charge in [-0.1, -0.05) is 33.4 Å². The lowest BCUT2D eigenvalue weighted by Gasteiger charge is -2.00. The van der Waals surface area contributed by atoms with Crippen molar-refractivity contribution < 1.29 is 14.1 Å². The van der Waals surface area contributed by atoms with Crippen molar-refractivity contribution >= 4 is 6.41 Å². The number of methoxy groups -OCH3 is 1. The van der Waals surface area contributed by atoms with Gasteiger partial charge < -0.3 is 14.6 Å². The first-order chi connectivity index (χ1) is 9.74. The Morgan fingerprint density at radius 1 is 1.29 bits per heavy atom. The fourth-order valence-electron chi connectivity index (χ4n) is 1.55. The van der Waals surface area contributed by atoms with Gasteiger partial charge in [-0.15, -0.1) is 0 Å². The van der Waals surface area contributed by atoms with Crippen molar-refractivity contribution in [3.63, 3.8) is 0 Å². The van der Waals surface area contributed by atoms with Crippen LogP contribution in [0.3, 0.4) is 0 Å². The Labute approximate surface area is 124 Å². The van der Waals surface area contributed by atoms with Crippen LogP contribution in [0.2, 0.25) is 0 Å². The second-order valence-corrected chi connectivity index (χ2v) is 3.55. The maximum Gasteiger partial charge on any atom is 0.365 e. The highest BCUT2D eigenvalue weighted by Crippen LogP contribution is 2.19. The first kappa shape index (κ1) is 18.5. The molecule has 6 nitrogen and oxygen atoms in total. The van der Waals surface area contributed by atoms with Crippen LogP contribution < -0.4 is 15.7 Å². The lowest BCUT2D eigenvalue weighted by Crippen LogP contribution is -2.15. The molecule has 0 radical (unpaired) electrons. The summed E-state index contributed by atoms with van der Waals surface area (Å²) in [6.45, 7) is 4.12. The van der Waals surface area contributed by atoms with Crippen molar-refractivity contribution in [2.45, 2.75) is 27.9 Å². The molecule has 0 fully saturated rings. The van der Waals surface area contributed by atoms with E-state index in [1.54, 1.807) is 37.6 Å². The Hall–Kier alpha value is -2.50. The molecule has 0 saturated carbocycles. The number of hydrogen-bond acceptors (Lipinski definition) is 4. The Kier molecular flexibility index (Phi) is 8.29. The lowest BCUT2D eigenvalue weighted by atomic mass is 10.1. The van der Waals surface area contributed by atoms with Gasteiger partial charge in [-0.25, -0.2) is 4.79 Å². The van der Waals surface area contributed by atoms with E-state index in [2.05, 4.69) is 5.32 Å². The van der Waals surface area contributed by atoms with E-state index >= 15 is 0 Å². The first-order valence-corrected chi connectivity index (χ1v) is 6.27. The summed E-state index contributed by atoms with van der Waals surface area (Å²) in [4.78, 5) is 21.8. The molecule has 0 aliphatic rings. The predicted molar refractivity (Wildman–Crippen MR) is 82.2 cm³/mol. The highest BCUT2D eigenvalue weighted by atomic mass is 16.5. The van der Waals surface area contributed by atoms with E-state index < -0.39 is 5.63 Å². The molecule has 0 aliphatic carbocycles. The summed E-state index contributed by atoms with van der Waals surface area (Å²) < 4.78 is 11.2. The molecular weight excluding hydrogens is 272 g/mol. The second-order valence-electron chi connectivity index (χ2n) is 3.55. The summed E-state index contributed by atoms with van der Waals surface area (Å²) in [5.41, 5.74) is 0.715. The normalized spacial score (nSPS) is 8.90. The molecule has 1 heterocycles. The average Bonchev–Trinajstić information content (AvgIpc) is 2.88. The van der Waals surface area contributed by atoms with Crippen LogP contribution >= 0.6 is 0 Å². The molecule has 0 spiro atoms. The predicted octanol–water partition coefficient (Wildman–Crippen LogP) is 2.48. The van der Waals surface area contributed by atoms with E-state index in [1.807, 2.05) is 13.8 Å². The minimum absolute atomic E-state index is 0. The third kappa shape index (κ3) is 4.83. The number of carbonyl (C=O) groups excluding carboxylic acids is 1. The Morgan fingerprint density at radius 2 is 1.90 bits per heavy atom. The highest BCUT2D eigenvalue weighted by molar-refractivity contribution is 5.62. The maximum absolute atomic E-state index is 11.6. The smallest absolute Gasteiger partial charge is 0.365 e. The van der Waals surface area contributed by atoms with Gasteiger partial charge in [0.25, 0.3) is 0 Å². The fourth-order valence-corrected chi connectivity index (χ4v) is 1.55. The number of rotatable bonds is 5. The summed E-state index contributed by atoms with van der Waals surface area (Å²) in [5.74, 6) is 0.713. The number of ether oxygens (including phenoxy) is 1. The quantitative estimate of drug-likeness (QED) is 0.860. The SMILES string of the molecule is C.CC.COc1ccc(-c2cn(CNC=O)oc2=O)cc1. The zero-order valence-electron chi connectivity index (χ0n) is 11.8. The monoisotopic (exact) mass is 294 g/mol. The number of nitrogens with one attached hydrogen (secondary N) is 1. The summed E-state index contributed by atoms with van der Waals surface area (Å²) in [5, 5.41) is 2.40. The maximum atomic E-state index is 11.6. The van der Waals surface area contributed by atoms with E-state index in [1.165, 1.54) is 4.74 Å². The van der Waals surface area contributed by atoms with Crippen LogP contribution in [-0.4, -0.2) is 18.3 Å². The molecule has 116 valence electrons. The highest BCUT2D eigenvalue weighted by Gasteiger charge is 2.09. The summed E-state index contributed by atoms with van der Waals surface area (Å²) in [6.07, 6.45) is 2.08. The number of amides is 1. The van der Waals surface area contributed by atoms with Crippen LogP contribution in [0.15, 0.2) is 39.8 Å². The van der Waals surface area contributed by atoms with E-state index in [4.69, 9.17) is 9.26 Å². The molecule has 21 heavy (non-hydrogen) atoms. The molecule has 1 amide bonds. The molecule has 1 aromatic heterocycles. The largest absolute Gasteiger partial charge is 0.497 e. The number of carbonyl (C=O) groups is 1. The van der Waals surface area contributed by atoms with Gasteiger partial charge in [0.15, 0.2) is 0 Å². The summed E-state index contributed by atoms with van der Waals surface area (Å²) in [7, 11) is 1.57. The molecule has 0 bridgehead atoms. The minimum atomic E-state index is -0.451. The van der Waals surface area contributed by atoms with Crippen LogP contribution in [0.5, 0.6) is 5.75 Å². The molecule has 1 aromatic carbocycles. The molecule has 2 aromatic rings. The summed E-state index contributed by atoms with van der Waals surface area (Å²) in [6, 6.07) is 7.05. The van der Waals surface area contributed by atoms with E-state index in [0.29, 0.717) is 17.7 Å². The minimum Gasteiger partial charge on any atom is -0.497 e. The van der Waals surface area contributed by atoms with Crippen LogP contribution in [0.4, 0.5) is 0 Å². The van der Waals surface area contributed by atoms with Gasteiger partial charge in [-0.05, 0) is 17.7 Å². The van der Waals surface area contributed by atoms with E-state index in [9.17, 15) is 9.59 Å². The molecule has 0 saturated heterocycles. The average molecular weight is 294 g/mol. The van der Waals surface area contributed by atoms with Crippen molar-refractivity contribution in [2.75, 3.05) is 7.11 Å². The standard InChI is InChI=1S/C12H12N2O4.C2H6.CH4/c1-17-10-4-2-9(3-5-10)11-6-14(7-13-8-15)18-12(11)16;1-2;/h2-6,8H,7H2,1H3,(H,13,15);1-2H3;1H4. The molecule has 2 rings (SSSR count). The van der Waals surface area contributed by atoms with Crippen LogP contribution in [0.1, 0.15) is 21.3 Å². The number of hydrogen-bond donors (Lipinski definition) is 1. The Morgan fingerprint density at radius 3 is 2.43 bits per heavy atom. The van der Waals surface area contributed by atoms with Crippen molar-refractivity contribution in [3.8, 4) is 16.9 Å². The number of aromatic nitrogens is 1. The van der Waals surface area contributed by atoms with Crippen molar-refractivity contribution in [1.82, 2.24) is 10.1 Å². The van der Waals surface area contributed by atoms with E-state index in [0.717, 1.165) is 5.56 Å². The van der Waals surface area contributed by atoms with Gasteiger partial charge in [0.1, 0.15) is 12.4 Å². The van der Waals surface area contributed by atoms with Gasteiger partial charge in [0.2, 0.25) is 6.41 Å². The molecular formula is C15H22N2O4. The zero-order chi connectivity index (χ0) is 15.0. The second kappa shape index (κ2) is 9.41. The molecule has 0 aliphatic heterocycles. The van der Waals surface area contributed by atoms with Crippen LogP contribution in [0.25, 0.3) is 11.1 Å². The summed E-state index contributed by atoms with van der Waals surface area (Å²) >= 11 is 0. The fraction of sp³-hybridized carbons (Fsp3) is 0.333. The van der Waals surface area contributed by atoms with Gasteiger partial charge in [-0.3, -0.25) is 4.79 Å². The van der Waals surface area contributed by atoms with Gasteiger partial charge in [-0.2, -0.15) is 4.74 Å². The van der Waals surface area contributed by atoms with Crippen molar-refractivity contribution in [2.24, 2.45) is 0 Å². The van der Waals surface area contributed by atoms with Gasteiger partial charge in [0, 0.05) is 0 Å². The third-order valence-electron chi connectivity index (χ3n) is 2.42. The van der Waals surface area contributed by atoms with Crippen LogP contribution in [0, 0.1) is 0 Å². The van der Waals surface area contributed by atoms with Gasteiger partial charge in [0.05, 0.1) is 18.9 Å². The Bertz CT molecular complexity index is 584. The van der Waals surface area contributed by atoms with Gasteiger partial charge >= 0.3 is 5.63 Å². The van der Waals surface area contributed by atoms with Crippen molar-refractivity contribution in [1.29, 1.82) is 0 Å². The number of nitrogens with zero attached hydrogens (tertiary/aromatic N) is 1. The molecule has 1 N–H and O–H groups in total. The van der Waals surface area contributed by atoms with Crippen molar-refractivity contribution in [3.05, 3.63) is 40.9 Å². The topological polar surface area (TPSA) is 73.5 Å². The molecule has 0 unspecified atom stereocenters.